The zero-order chi connectivity index (χ0) is 11.3. The van der Waals surface area contributed by atoms with Gasteiger partial charge in [-0.25, -0.2) is 5.84 Å². The lowest BCUT2D eigenvalue weighted by Gasteiger charge is -2.04. The SMILES string of the molecule is CC(CO)SCc1ccc(C(=O)NN)o1. The fraction of sp³-hybridized carbons (Fsp3) is 0.444. The smallest absolute Gasteiger partial charge is 0.300 e. The quantitative estimate of drug-likeness (QED) is 0.389. The molecule has 1 atom stereocenters. The van der Waals surface area contributed by atoms with Crippen molar-refractivity contribution in [3.8, 4) is 0 Å². The molecule has 0 spiro atoms. The molecule has 1 rings (SSSR count). The maximum Gasteiger partial charge on any atom is 0.300 e. The predicted octanol–water partition coefficient (Wildman–Crippen LogP) is 0.497. The fourth-order valence-electron chi connectivity index (χ4n) is 0.926. The highest BCUT2D eigenvalue weighted by Gasteiger charge is 2.10. The van der Waals surface area contributed by atoms with Gasteiger partial charge in [-0.3, -0.25) is 10.2 Å². The summed E-state index contributed by atoms with van der Waals surface area (Å²) in [6.07, 6.45) is 0. The molecular weight excluding hydrogens is 216 g/mol. The summed E-state index contributed by atoms with van der Waals surface area (Å²) in [4.78, 5) is 11.0. The van der Waals surface area contributed by atoms with E-state index in [1.807, 2.05) is 12.3 Å². The van der Waals surface area contributed by atoms with Gasteiger partial charge in [0.1, 0.15) is 5.76 Å². The van der Waals surface area contributed by atoms with Gasteiger partial charge in [0.05, 0.1) is 12.4 Å². The first-order valence-electron chi connectivity index (χ1n) is 4.49. The molecule has 1 heterocycles. The van der Waals surface area contributed by atoms with E-state index < -0.39 is 5.91 Å². The van der Waals surface area contributed by atoms with Gasteiger partial charge >= 0.3 is 5.91 Å². The zero-order valence-electron chi connectivity index (χ0n) is 8.40. The number of amides is 1. The molecule has 0 aliphatic carbocycles. The summed E-state index contributed by atoms with van der Waals surface area (Å²) < 4.78 is 5.24. The van der Waals surface area contributed by atoms with Crippen LogP contribution in [-0.4, -0.2) is 22.9 Å². The van der Waals surface area contributed by atoms with Crippen molar-refractivity contribution in [1.82, 2.24) is 5.43 Å². The van der Waals surface area contributed by atoms with Crippen molar-refractivity contribution in [2.45, 2.75) is 17.9 Å². The Morgan fingerprint density at radius 3 is 3.07 bits per heavy atom. The van der Waals surface area contributed by atoms with Crippen molar-refractivity contribution < 1.29 is 14.3 Å². The van der Waals surface area contributed by atoms with Crippen LogP contribution in [0.25, 0.3) is 0 Å². The summed E-state index contributed by atoms with van der Waals surface area (Å²) in [6.45, 7) is 2.04. The molecule has 4 N–H and O–H groups in total. The minimum Gasteiger partial charge on any atom is -0.455 e. The molecule has 1 unspecified atom stereocenters. The van der Waals surface area contributed by atoms with E-state index in [9.17, 15) is 4.79 Å². The van der Waals surface area contributed by atoms with Crippen LogP contribution in [0.3, 0.4) is 0 Å². The van der Waals surface area contributed by atoms with E-state index >= 15 is 0 Å². The van der Waals surface area contributed by atoms with Crippen molar-refractivity contribution in [2.24, 2.45) is 5.84 Å². The first-order chi connectivity index (χ1) is 7.17. The van der Waals surface area contributed by atoms with Crippen LogP contribution in [0, 0.1) is 0 Å². The van der Waals surface area contributed by atoms with Gasteiger partial charge in [-0.15, -0.1) is 11.8 Å². The number of aliphatic hydroxyl groups is 1. The lowest BCUT2D eigenvalue weighted by molar-refractivity contribution is 0.0924. The molecule has 0 radical (unpaired) electrons. The number of aliphatic hydroxyl groups excluding tert-OH is 1. The van der Waals surface area contributed by atoms with E-state index in [1.54, 1.807) is 23.9 Å². The van der Waals surface area contributed by atoms with Gasteiger partial charge in [0, 0.05) is 5.25 Å². The Balaban J connectivity index is 2.49. The highest BCUT2D eigenvalue weighted by Crippen LogP contribution is 2.19. The molecule has 6 heteroatoms. The summed E-state index contributed by atoms with van der Waals surface area (Å²) in [7, 11) is 0. The van der Waals surface area contributed by atoms with Gasteiger partial charge in [-0.2, -0.15) is 0 Å². The molecule has 0 aromatic carbocycles. The number of nitrogen functional groups attached to an aromatic ring is 1. The number of carbonyl (C=O) groups is 1. The number of furan rings is 1. The molecule has 1 aromatic heterocycles. The standard InChI is InChI=1S/C9H14N2O3S/c1-6(4-12)15-5-7-2-3-8(14-7)9(13)11-10/h2-3,6,12H,4-5,10H2,1H3,(H,11,13). The maximum absolute atomic E-state index is 11.0. The van der Waals surface area contributed by atoms with Crippen LogP contribution >= 0.6 is 11.8 Å². The fourth-order valence-corrected chi connectivity index (χ4v) is 1.64. The molecule has 0 saturated carbocycles. The monoisotopic (exact) mass is 230 g/mol. The van der Waals surface area contributed by atoms with E-state index in [4.69, 9.17) is 15.4 Å². The normalized spacial score (nSPS) is 12.5. The maximum atomic E-state index is 11.0. The Kier molecular flexibility index (Phi) is 4.67. The van der Waals surface area contributed by atoms with Gasteiger partial charge in [0.2, 0.25) is 0 Å². The van der Waals surface area contributed by atoms with Crippen molar-refractivity contribution in [3.63, 3.8) is 0 Å². The summed E-state index contributed by atoms with van der Waals surface area (Å²) in [5.74, 6) is 6.03. The Labute approximate surface area is 92.0 Å². The number of rotatable bonds is 5. The molecule has 1 amide bonds. The largest absolute Gasteiger partial charge is 0.455 e. The van der Waals surface area contributed by atoms with Gasteiger partial charge in [0.15, 0.2) is 5.76 Å². The van der Waals surface area contributed by atoms with Crippen LogP contribution in [0.2, 0.25) is 0 Å². The average molecular weight is 230 g/mol. The number of hydrazine groups is 1. The van der Waals surface area contributed by atoms with E-state index in [1.165, 1.54) is 0 Å². The molecule has 0 bridgehead atoms. The minimum atomic E-state index is -0.443. The number of carbonyl (C=O) groups excluding carboxylic acids is 1. The van der Waals surface area contributed by atoms with E-state index in [0.29, 0.717) is 11.5 Å². The Morgan fingerprint density at radius 2 is 2.47 bits per heavy atom. The first kappa shape index (κ1) is 12.1. The molecule has 15 heavy (non-hydrogen) atoms. The van der Waals surface area contributed by atoms with Crippen molar-refractivity contribution >= 4 is 17.7 Å². The number of hydrogen-bond donors (Lipinski definition) is 3. The molecule has 5 nitrogen and oxygen atoms in total. The zero-order valence-corrected chi connectivity index (χ0v) is 9.21. The highest BCUT2D eigenvalue weighted by molar-refractivity contribution is 7.99. The number of hydrogen-bond acceptors (Lipinski definition) is 5. The van der Waals surface area contributed by atoms with E-state index in [2.05, 4.69) is 0 Å². The third-order valence-corrected chi connectivity index (χ3v) is 2.95. The molecular formula is C9H14N2O3S. The molecule has 1 aromatic rings. The van der Waals surface area contributed by atoms with Gasteiger partial charge in [0.25, 0.3) is 0 Å². The Morgan fingerprint density at radius 1 is 1.73 bits per heavy atom. The van der Waals surface area contributed by atoms with Gasteiger partial charge in [-0.05, 0) is 12.1 Å². The molecule has 0 aliphatic heterocycles. The van der Waals surface area contributed by atoms with Crippen molar-refractivity contribution in [1.29, 1.82) is 0 Å². The lowest BCUT2D eigenvalue weighted by Crippen LogP contribution is -2.29. The summed E-state index contributed by atoms with van der Waals surface area (Å²) in [6, 6.07) is 3.30. The van der Waals surface area contributed by atoms with Gasteiger partial charge in [-0.1, -0.05) is 6.92 Å². The molecule has 0 aliphatic rings. The van der Waals surface area contributed by atoms with Crippen LogP contribution in [-0.2, 0) is 5.75 Å². The third-order valence-electron chi connectivity index (χ3n) is 1.78. The molecule has 0 fully saturated rings. The highest BCUT2D eigenvalue weighted by atomic mass is 32.2. The van der Waals surface area contributed by atoms with E-state index in [-0.39, 0.29) is 17.6 Å². The summed E-state index contributed by atoms with van der Waals surface area (Å²) in [5.41, 5.74) is 1.99. The number of thioether (sulfide) groups is 1. The third kappa shape index (κ3) is 3.58. The van der Waals surface area contributed by atoms with Crippen LogP contribution in [0.1, 0.15) is 23.2 Å². The average Bonchev–Trinajstić information content (AvgIpc) is 2.73. The molecule has 84 valence electrons. The lowest BCUT2D eigenvalue weighted by atomic mass is 10.4. The summed E-state index contributed by atoms with van der Waals surface area (Å²) >= 11 is 1.56. The van der Waals surface area contributed by atoms with Crippen molar-refractivity contribution in [3.05, 3.63) is 23.7 Å². The topological polar surface area (TPSA) is 88.5 Å². The Bertz CT molecular complexity index is 327. The van der Waals surface area contributed by atoms with E-state index in [0.717, 1.165) is 0 Å². The minimum absolute atomic E-state index is 0.127. The van der Waals surface area contributed by atoms with Crippen LogP contribution < -0.4 is 11.3 Å². The van der Waals surface area contributed by atoms with Gasteiger partial charge < -0.3 is 9.52 Å². The predicted molar refractivity (Wildman–Crippen MR) is 58.2 cm³/mol. The summed E-state index contributed by atoms with van der Waals surface area (Å²) in [5, 5.41) is 8.97. The number of nitrogens with two attached hydrogens (primary N) is 1. The second-order valence-corrected chi connectivity index (χ2v) is 4.47. The number of nitrogens with one attached hydrogen (secondary N) is 1. The van der Waals surface area contributed by atoms with Crippen LogP contribution in [0.4, 0.5) is 0 Å². The van der Waals surface area contributed by atoms with Crippen molar-refractivity contribution in [2.75, 3.05) is 6.61 Å². The van der Waals surface area contributed by atoms with Crippen LogP contribution in [0.5, 0.6) is 0 Å². The first-order valence-corrected chi connectivity index (χ1v) is 5.54. The second kappa shape index (κ2) is 5.79. The molecule has 0 saturated heterocycles. The van der Waals surface area contributed by atoms with Crippen LogP contribution in [0.15, 0.2) is 16.5 Å². The Hall–Kier alpha value is -0.980. The second-order valence-electron chi connectivity index (χ2n) is 3.04.